The van der Waals surface area contributed by atoms with Crippen molar-refractivity contribution in [1.82, 2.24) is 9.97 Å². The molecular weight excluding hydrogens is 222 g/mol. The van der Waals surface area contributed by atoms with E-state index in [9.17, 15) is 0 Å². The molecule has 16 heavy (non-hydrogen) atoms. The van der Waals surface area contributed by atoms with E-state index in [2.05, 4.69) is 22.2 Å². The van der Waals surface area contributed by atoms with E-state index in [1.54, 1.807) is 18.5 Å². The van der Waals surface area contributed by atoms with E-state index in [4.69, 9.17) is 11.6 Å². The summed E-state index contributed by atoms with van der Waals surface area (Å²) in [7, 11) is 0. The van der Waals surface area contributed by atoms with Crippen LogP contribution in [0.1, 0.15) is 11.1 Å². The average Bonchev–Trinajstić information content (AvgIpc) is 2.28. The van der Waals surface area contributed by atoms with Crippen LogP contribution in [0.15, 0.2) is 36.8 Å². The minimum atomic E-state index is 0.493. The van der Waals surface area contributed by atoms with E-state index in [0.717, 1.165) is 12.2 Å². The maximum absolute atomic E-state index is 5.79. The Bertz CT molecular complexity index is 485. The number of halogens is 1. The normalized spacial score (nSPS) is 10.1. The zero-order chi connectivity index (χ0) is 11.4. The van der Waals surface area contributed by atoms with Gasteiger partial charge in [-0.05, 0) is 36.2 Å². The number of hydrogen-bond acceptors (Lipinski definition) is 3. The number of hydrogen-bond donors (Lipinski definition) is 1. The van der Waals surface area contributed by atoms with Crippen LogP contribution in [0, 0.1) is 6.92 Å². The minimum absolute atomic E-state index is 0.493. The van der Waals surface area contributed by atoms with Gasteiger partial charge in [0.15, 0.2) is 0 Å². The molecule has 0 radical (unpaired) electrons. The number of aromatic nitrogens is 2. The molecule has 0 aliphatic carbocycles. The van der Waals surface area contributed by atoms with Crippen molar-refractivity contribution in [2.75, 3.05) is 5.32 Å². The maximum Gasteiger partial charge on any atom is 0.131 e. The van der Waals surface area contributed by atoms with E-state index in [0.29, 0.717) is 5.15 Å². The first-order chi connectivity index (χ1) is 7.75. The molecule has 0 fully saturated rings. The van der Waals surface area contributed by atoms with Crippen molar-refractivity contribution in [3.05, 3.63) is 53.1 Å². The van der Waals surface area contributed by atoms with E-state index < -0.39 is 0 Å². The Morgan fingerprint density at radius 3 is 2.94 bits per heavy atom. The molecule has 0 unspecified atom stereocenters. The molecule has 0 amide bonds. The highest BCUT2D eigenvalue weighted by atomic mass is 35.5. The number of pyridine rings is 2. The molecule has 0 saturated heterocycles. The van der Waals surface area contributed by atoms with Gasteiger partial charge in [-0.1, -0.05) is 11.6 Å². The Kier molecular flexibility index (Phi) is 3.37. The van der Waals surface area contributed by atoms with Gasteiger partial charge in [0.2, 0.25) is 0 Å². The Morgan fingerprint density at radius 2 is 2.19 bits per heavy atom. The van der Waals surface area contributed by atoms with Gasteiger partial charge in [0.05, 0.1) is 0 Å². The highest BCUT2D eigenvalue weighted by molar-refractivity contribution is 6.29. The Hall–Kier alpha value is -1.61. The highest BCUT2D eigenvalue weighted by Crippen LogP contribution is 2.14. The lowest BCUT2D eigenvalue weighted by molar-refractivity contribution is 1.08. The highest BCUT2D eigenvalue weighted by Gasteiger charge is 1.98. The smallest absolute Gasteiger partial charge is 0.131 e. The van der Waals surface area contributed by atoms with Crippen molar-refractivity contribution in [2.45, 2.75) is 13.5 Å². The molecule has 0 spiro atoms. The number of rotatable bonds is 3. The molecule has 3 nitrogen and oxygen atoms in total. The van der Waals surface area contributed by atoms with Gasteiger partial charge in [-0.2, -0.15) is 0 Å². The first kappa shape index (κ1) is 10.9. The molecule has 0 aliphatic heterocycles. The van der Waals surface area contributed by atoms with E-state index in [1.165, 1.54) is 11.1 Å². The van der Waals surface area contributed by atoms with Gasteiger partial charge in [0.1, 0.15) is 5.15 Å². The van der Waals surface area contributed by atoms with Gasteiger partial charge in [-0.15, -0.1) is 0 Å². The van der Waals surface area contributed by atoms with E-state index in [-0.39, 0.29) is 0 Å². The lowest BCUT2D eigenvalue weighted by Gasteiger charge is -2.08. The molecule has 0 atom stereocenters. The number of nitrogens with zero attached hydrogens (tertiary/aromatic N) is 2. The monoisotopic (exact) mass is 233 g/mol. The third-order valence-corrected chi connectivity index (χ3v) is 2.56. The molecule has 0 aromatic carbocycles. The topological polar surface area (TPSA) is 37.8 Å². The minimum Gasteiger partial charge on any atom is -0.381 e. The summed E-state index contributed by atoms with van der Waals surface area (Å²) in [6.45, 7) is 2.80. The SMILES string of the molecule is Cc1ccncc1CNc1ccnc(Cl)c1. The van der Waals surface area contributed by atoms with Crippen LogP contribution in [0.2, 0.25) is 5.15 Å². The summed E-state index contributed by atoms with van der Waals surface area (Å²) in [6, 6.07) is 5.68. The van der Waals surface area contributed by atoms with Gasteiger partial charge in [-0.3, -0.25) is 4.98 Å². The van der Waals surface area contributed by atoms with Crippen molar-refractivity contribution in [3.8, 4) is 0 Å². The molecule has 2 rings (SSSR count). The van der Waals surface area contributed by atoms with Crippen molar-refractivity contribution >= 4 is 17.3 Å². The predicted octanol–water partition coefficient (Wildman–Crippen LogP) is 3.05. The molecule has 1 N–H and O–H groups in total. The zero-order valence-electron chi connectivity index (χ0n) is 8.94. The fourth-order valence-corrected chi connectivity index (χ4v) is 1.57. The van der Waals surface area contributed by atoms with Crippen LogP contribution in [-0.4, -0.2) is 9.97 Å². The van der Waals surface area contributed by atoms with Crippen LogP contribution in [0.3, 0.4) is 0 Å². The second-order valence-electron chi connectivity index (χ2n) is 3.52. The lowest BCUT2D eigenvalue weighted by atomic mass is 10.1. The van der Waals surface area contributed by atoms with Crippen molar-refractivity contribution < 1.29 is 0 Å². The molecule has 2 heterocycles. The summed E-state index contributed by atoms with van der Waals surface area (Å²) >= 11 is 5.79. The van der Waals surface area contributed by atoms with Crippen LogP contribution < -0.4 is 5.32 Å². The van der Waals surface area contributed by atoms with Crippen LogP contribution in [0.5, 0.6) is 0 Å². The van der Waals surface area contributed by atoms with Crippen LogP contribution >= 0.6 is 11.6 Å². The van der Waals surface area contributed by atoms with Gasteiger partial charge in [-0.25, -0.2) is 4.98 Å². The van der Waals surface area contributed by atoms with E-state index in [1.807, 2.05) is 18.3 Å². The molecule has 2 aromatic heterocycles. The molecule has 4 heteroatoms. The molecular formula is C12H12ClN3. The van der Waals surface area contributed by atoms with Crippen LogP contribution in [-0.2, 0) is 6.54 Å². The second-order valence-corrected chi connectivity index (χ2v) is 3.91. The van der Waals surface area contributed by atoms with Gasteiger partial charge < -0.3 is 5.32 Å². The van der Waals surface area contributed by atoms with Gasteiger partial charge in [0, 0.05) is 30.8 Å². The molecule has 0 bridgehead atoms. The first-order valence-electron chi connectivity index (χ1n) is 5.00. The standard InChI is InChI=1S/C12H12ClN3/c1-9-2-4-14-7-10(9)8-16-11-3-5-15-12(13)6-11/h2-7H,8H2,1H3,(H,15,16). The summed E-state index contributed by atoms with van der Waals surface area (Å²) in [6.07, 6.45) is 5.34. The van der Waals surface area contributed by atoms with Crippen molar-refractivity contribution in [3.63, 3.8) is 0 Å². The van der Waals surface area contributed by atoms with Gasteiger partial charge in [0.25, 0.3) is 0 Å². The summed E-state index contributed by atoms with van der Waals surface area (Å²) in [5, 5.41) is 3.77. The quantitative estimate of drug-likeness (QED) is 0.828. The molecule has 0 aliphatic rings. The summed E-state index contributed by atoms with van der Waals surface area (Å²) in [4.78, 5) is 8.02. The first-order valence-corrected chi connectivity index (χ1v) is 5.38. The van der Waals surface area contributed by atoms with Gasteiger partial charge >= 0.3 is 0 Å². The van der Waals surface area contributed by atoms with Crippen LogP contribution in [0.25, 0.3) is 0 Å². The number of anilines is 1. The Balaban J connectivity index is 2.05. The Morgan fingerprint density at radius 1 is 1.31 bits per heavy atom. The molecule has 82 valence electrons. The third kappa shape index (κ3) is 2.70. The number of nitrogens with one attached hydrogen (secondary N) is 1. The average molecular weight is 234 g/mol. The van der Waals surface area contributed by atoms with Crippen LogP contribution in [0.4, 0.5) is 5.69 Å². The summed E-state index contributed by atoms with van der Waals surface area (Å²) in [5.74, 6) is 0. The Labute approximate surface area is 99.5 Å². The lowest BCUT2D eigenvalue weighted by Crippen LogP contribution is -2.01. The largest absolute Gasteiger partial charge is 0.381 e. The predicted molar refractivity (Wildman–Crippen MR) is 65.5 cm³/mol. The number of aryl methyl sites for hydroxylation is 1. The van der Waals surface area contributed by atoms with Crippen molar-refractivity contribution in [2.24, 2.45) is 0 Å². The summed E-state index contributed by atoms with van der Waals surface area (Å²) in [5.41, 5.74) is 3.36. The molecule has 2 aromatic rings. The van der Waals surface area contributed by atoms with E-state index >= 15 is 0 Å². The zero-order valence-corrected chi connectivity index (χ0v) is 9.70. The maximum atomic E-state index is 5.79. The van der Waals surface area contributed by atoms with Crippen molar-refractivity contribution in [1.29, 1.82) is 0 Å². The third-order valence-electron chi connectivity index (χ3n) is 2.36. The summed E-state index contributed by atoms with van der Waals surface area (Å²) < 4.78 is 0. The second kappa shape index (κ2) is 4.94. The molecule has 0 saturated carbocycles. The fourth-order valence-electron chi connectivity index (χ4n) is 1.39. The fraction of sp³-hybridized carbons (Fsp3) is 0.167.